The van der Waals surface area contributed by atoms with E-state index in [9.17, 15) is 13.2 Å². The third-order valence-corrected chi connectivity index (χ3v) is 4.29. The van der Waals surface area contributed by atoms with Crippen molar-refractivity contribution >= 4 is 33.2 Å². The summed E-state index contributed by atoms with van der Waals surface area (Å²) in [4.78, 5) is 13.5. The average Bonchev–Trinajstić information content (AvgIpc) is 2.30. The summed E-state index contributed by atoms with van der Waals surface area (Å²) in [6.07, 6.45) is 1.34. The number of nitrogens with one attached hydrogen (secondary N) is 1. The zero-order chi connectivity index (χ0) is 14.5. The maximum atomic E-state index is 11.7. The fourth-order valence-corrected chi connectivity index (χ4v) is 3.38. The Morgan fingerprint density at radius 1 is 1.47 bits per heavy atom. The van der Waals surface area contributed by atoms with Crippen LogP contribution in [0.1, 0.15) is 12.8 Å². The standard InChI is InChI=1S/C10H19N3O4S2/c1-17-10(14)7-19(15,16)12-8-2-4-13(5-3-8)6-9(11)18/h8,12H,2-7H2,1H3,(H2,11,18). The number of nitrogens with zero attached hydrogens (tertiary/aromatic N) is 1. The molecular weight excluding hydrogens is 290 g/mol. The molecule has 1 heterocycles. The van der Waals surface area contributed by atoms with Gasteiger partial charge in [-0.3, -0.25) is 9.69 Å². The van der Waals surface area contributed by atoms with Crippen molar-refractivity contribution in [3.8, 4) is 0 Å². The molecule has 0 saturated carbocycles. The first-order chi connectivity index (χ1) is 8.82. The molecule has 0 aromatic rings. The topological polar surface area (TPSA) is 102 Å². The van der Waals surface area contributed by atoms with Crippen LogP contribution in [-0.4, -0.2) is 62.8 Å². The molecule has 9 heteroatoms. The van der Waals surface area contributed by atoms with Crippen LogP contribution in [0.15, 0.2) is 0 Å². The summed E-state index contributed by atoms with van der Waals surface area (Å²) in [5.74, 6) is -1.41. The van der Waals surface area contributed by atoms with Crippen molar-refractivity contribution in [2.45, 2.75) is 18.9 Å². The van der Waals surface area contributed by atoms with Crippen molar-refractivity contribution in [2.24, 2.45) is 5.73 Å². The molecule has 0 aliphatic carbocycles. The Morgan fingerprint density at radius 2 is 2.05 bits per heavy atom. The molecule has 0 aromatic heterocycles. The van der Waals surface area contributed by atoms with Crippen molar-refractivity contribution in [3.05, 3.63) is 0 Å². The molecule has 1 aliphatic rings. The molecule has 7 nitrogen and oxygen atoms in total. The second-order valence-electron chi connectivity index (χ2n) is 4.47. The molecule has 0 amide bonds. The molecule has 0 spiro atoms. The smallest absolute Gasteiger partial charge is 0.322 e. The van der Waals surface area contributed by atoms with Crippen molar-refractivity contribution in [2.75, 3.05) is 32.5 Å². The predicted octanol–water partition coefficient (Wildman–Crippen LogP) is -1.17. The number of esters is 1. The van der Waals surface area contributed by atoms with Gasteiger partial charge in [0.1, 0.15) is 0 Å². The van der Waals surface area contributed by atoms with Gasteiger partial charge in [-0.15, -0.1) is 0 Å². The van der Waals surface area contributed by atoms with E-state index in [2.05, 4.69) is 14.4 Å². The highest BCUT2D eigenvalue weighted by Gasteiger charge is 2.25. The Balaban J connectivity index is 2.40. The van der Waals surface area contributed by atoms with Gasteiger partial charge in [0, 0.05) is 25.7 Å². The zero-order valence-electron chi connectivity index (χ0n) is 10.8. The summed E-state index contributed by atoms with van der Waals surface area (Å²) in [7, 11) is -2.47. The zero-order valence-corrected chi connectivity index (χ0v) is 12.4. The Kier molecular flexibility index (Phi) is 6.11. The first-order valence-corrected chi connectivity index (χ1v) is 7.96. The van der Waals surface area contributed by atoms with E-state index in [1.807, 2.05) is 0 Å². The van der Waals surface area contributed by atoms with Crippen LogP contribution in [0.2, 0.25) is 0 Å². The molecule has 19 heavy (non-hydrogen) atoms. The number of sulfonamides is 1. The predicted molar refractivity (Wildman–Crippen MR) is 75.2 cm³/mol. The highest BCUT2D eigenvalue weighted by molar-refractivity contribution is 7.90. The number of ether oxygens (including phenoxy) is 1. The van der Waals surface area contributed by atoms with Crippen LogP contribution >= 0.6 is 12.2 Å². The van der Waals surface area contributed by atoms with E-state index in [1.165, 1.54) is 0 Å². The van der Waals surface area contributed by atoms with E-state index in [-0.39, 0.29) is 6.04 Å². The van der Waals surface area contributed by atoms with Crippen molar-refractivity contribution in [3.63, 3.8) is 0 Å². The Hall–Kier alpha value is -0.770. The molecule has 0 unspecified atom stereocenters. The lowest BCUT2D eigenvalue weighted by Gasteiger charge is -2.31. The molecule has 1 rings (SSSR count). The highest BCUT2D eigenvalue weighted by atomic mass is 32.2. The first-order valence-electron chi connectivity index (χ1n) is 5.90. The first kappa shape index (κ1) is 16.3. The van der Waals surface area contributed by atoms with E-state index in [0.717, 1.165) is 20.2 Å². The molecule has 1 aliphatic heterocycles. The summed E-state index contributed by atoms with van der Waals surface area (Å²) in [5, 5.41) is 0. The minimum Gasteiger partial charge on any atom is -0.468 e. The molecule has 0 radical (unpaired) electrons. The molecule has 0 atom stereocenters. The van der Waals surface area contributed by atoms with E-state index >= 15 is 0 Å². The molecule has 0 aromatic carbocycles. The lowest BCUT2D eigenvalue weighted by molar-refractivity contribution is -0.137. The van der Waals surface area contributed by atoms with Crippen molar-refractivity contribution in [1.82, 2.24) is 9.62 Å². The maximum absolute atomic E-state index is 11.7. The van der Waals surface area contributed by atoms with Crippen LogP contribution in [0.5, 0.6) is 0 Å². The average molecular weight is 309 g/mol. The normalized spacial score (nSPS) is 18.2. The number of rotatable bonds is 6. The van der Waals surface area contributed by atoms with Crippen molar-refractivity contribution < 1.29 is 17.9 Å². The summed E-state index contributed by atoms with van der Waals surface area (Å²) in [5.41, 5.74) is 5.46. The van der Waals surface area contributed by atoms with Gasteiger partial charge >= 0.3 is 5.97 Å². The van der Waals surface area contributed by atoms with Gasteiger partial charge in [0.15, 0.2) is 5.75 Å². The number of hydrogen-bond donors (Lipinski definition) is 2. The lowest BCUT2D eigenvalue weighted by Crippen LogP contribution is -2.47. The summed E-state index contributed by atoms with van der Waals surface area (Å²) in [6, 6.07) is -0.155. The highest BCUT2D eigenvalue weighted by Crippen LogP contribution is 2.11. The summed E-state index contributed by atoms with van der Waals surface area (Å²) >= 11 is 4.83. The van der Waals surface area contributed by atoms with Crippen LogP contribution in [0.3, 0.4) is 0 Å². The quantitative estimate of drug-likeness (QED) is 0.471. The molecule has 1 saturated heterocycles. The summed E-state index contributed by atoms with van der Waals surface area (Å²) in [6.45, 7) is 2.00. The molecule has 0 bridgehead atoms. The van der Waals surface area contributed by atoms with Crippen LogP contribution < -0.4 is 10.5 Å². The fourth-order valence-electron chi connectivity index (χ4n) is 1.94. The van der Waals surface area contributed by atoms with Gasteiger partial charge < -0.3 is 10.5 Å². The van der Waals surface area contributed by atoms with Gasteiger partial charge in [-0.2, -0.15) is 0 Å². The SMILES string of the molecule is COC(=O)CS(=O)(=O)NC1CCN(CC(N)=S)CC1. The number of thiocarbonyl (C=S) groups is 1. The third-order valence-electron chi connectivity index (χ3n) is 2.85. The Labute approximate surface area is 118 Å². The Bertz CT molecular complexity index is 430. The van der Waals surface area contributed by atoms with E-state index < -0.39 is 21.7 Å². The second-order valence-corrected chi connectivity index (χ2v) is 6.75. The van der Waals surface area contributed by atoms with Gasteiger partial charge in [-0.05, 0) is 12.8 Å². The van der Waals surface area contributed by atoms with E-state index in [1.54, 1.807) is 0 Å². The molecule has 3 N–H and O–H groups in total. The molecule has 1 fully saturated rings. The van der Waals surface area contributed by atoms with Gasteiger partial charge in [-0.25, -0.2) is 13.1 Å². The van der Waals surface area contributed by atoms with Crippen molar-refractivity contribution in [1.29, 1.82) is 0 Å². The third kappa shape index (κ3) is 6.28. The number of hydrogen-bond acceptors (Lipinski definition) is 6. The number of methoxy groups -OCH3 is 1. The molecule has 110 valence electrons. The molecular formula is C10H19N3O4S2. The maximum Gasteiger partial charge on any atom is 0.322 e. The number of carbonyl (C=O) groups is 1. The van der Waals surface area contributed by atoms with Gasteiger partial charge in [-0.1, -0.05) is 12.2 Å². The van der Waals surface area contributed by atoms with Crippen LogP contribution in [0.25, 0.3) is 0 Å². The largest absolute Gasteiger partial charge is 0.468 e. The van der Waals surface area contributed by atoms with Gasteiger partial charge in [0.05, 0.1) is 12.1 Å². The Morgan fingerprint density at radius 3 is 2.53 bits per heavy atom. The fraction of sp³-hybridized carbons (Fsp3) is 0.800. The number of carbonyl (C=O) groups excluding carboxylic acids is 1. The van der Waals surface area contributed by atoms with E-state index in [4.69, 9.17) is 18.0 Å². The van der Waals surface area contributed by atoms with Crippen LogP contribution in [0, 0.1) is 0 Å². The van der Waals surface area contributed by atoms with Crippen LogP contribution in [0.4, 0.5) is 0 Å². The minimum atomic E-state index is -3.63. The number of piperidine rings is 1. The van der Waals surface area contributed by atoms with E-state index in [0.29, 0.717) is 24.4 Å². The monoisotopic (exact) mass is 309 g/mol. The minimum absolute atomic E-state index is 0.155. The number of nitrogens with two attached hydrogens (primary N) is 1. The number of likely N-dealkylation sites (tertiary alicyclic amines) is 1. The lowest BCUT2D eigenvalue weighted by atomic mass is 10.1. The van der Waals surface area contributed by atoms with Gasteiger partial charge in [0.2, 0.25) is 10.0 Å². The van der Waals surface area contributed by atoms with Gasteiger partial charge in [0.25, 0.3) is 0 Å². The van der Waals surface area contributed by atoms with Crippen LogP contribution in [-0.2, 0) is 19.6 Å². The second kappa shape index (κ2) is 7.13. The summed E-state index contributed by atoms with van der Waals surface area (Å²) < 4.78 is 30.2.